The number of halogens is 3. The Morgan fingerprint density at radius 3 is 2.49 bits per heavy atom. The molecule has 3 nitrogen and oxygen atoms in total. The second-order valence-electron chi connectivity index (χ2n) is 12.7. The first-order valence-electron chi connectivity index (χ1n) is 15.5. The Bertz CT molecular complexity index is 1280. The monoisotopic (exact) mass is 612 g/mol. The smallest absolute Gasteiger partial charge is 0.261 e. The molecule has 0 aliphatic carbocycles. The number of nitrogens with zero attached hydrogens (tertiary/aromatic N) is 2. The Hall–Kier alpha value is -2.76. The summed E-state index contributed by atoms with van der Waals surface area (Å²) >= 11 is 6.21. The van der Waals surface area contributed by atoms with Crippen molar-refractivity contribution in [3.05, 3.63) is 100 Å². The molecule has 0 bridgehead atoms. The number of amides is 1. The van der Waals surface area contributed by atoms with Gasteiger partial charge < -0.3 is 9.80 Å². The van der Waals surface area contributed by atoms with Crippen molar-refractivity contribution in [3.8, 4) is 0 Å². The molecule has 0 saturated heterocycles. The van der Waals surface area contributed by atoms with Gasteiger partial charge in [-0.25, -0.2) is 8.78 Å². The highest BCUT2D eigenvalue weighted by Gasteiger charge is 2.34. The van der Waals surface area contributed by atoms with Crippen molar-refractivity contribution < 1.29 is 13.6 Å². The summed E-state index contributed by atoms with van der Waals surface area (Å²) in [6, 6.07) is 9.11. The van der Waals surface area contributed by atoms with Gasteiger partial charge in [-0.15, -0.1) is 0 Å². The Balaban J connectivity index is 0.000000391. The van der Waals surface area contributed by atoms with Gasteiger partial charge in [0.05, 0.1) is 5.56 Å². The van der Waals surface area contributed by atoms with Crippen LogP contribution in [-0.4, -0.2) is 37.0 Å². The quantitative estimate of drug-likeness (QED) is 0.176. The van der Waals surface area contributed by atoms with Crippen LogP contribution < -0.4 is 4.90 Å². The third-order valence-corrected chi connectivity index (χ3v) is 7.76. The molecular weight excluding hydrogens is 562 g/mol. The van der Waals surface area contributed by atoms with Crippen LogP contribution in [0.5, 0.6) is 0 Å². The Morgan fingerprint density at radius 2 is 1.88 bits per heavy atom. The first-order chi connectivity index (χ1) is 20.3. The van der Waals surface area contributed by atoms with Crippen molar-refractivity contribution in [2.24, 2.45) is 5.41 Å². The fourth-order valence-electron chi connectivity index (χ4n) is 5.20. The van der Waals surface area contributed by atoms with E-state index in [1.807, 2.05) is 6.07 Å². The third kappa shape index (κ3) is 11.7. The van der Waals surface area contributed by atoms with Gasteiger partial charge in [0.1, 0.15) is 0 Å². The minimum Gasteiger partial charge on any atom is -0.307 e. The molecule has 2 aromatic carbocycles. The van der Waals surface area contributed by atoms with E-state index >= 15 is 0 Å². The van der Waals surface area contributed by atoms with Crippen molar-refractivity contribution in [3.63, 3.8) is 0 Å². The van der Waals surface area contributed by atoms with Crippen molar-refractivity contribution >= 4 is 23.2 Å². The number of anilines is 1. The molecule has 1 atom stereocenters. The minimum absolute atomic E-state index is 0.111. The van der Waals surface area contributed by atoms with Gasteiger partial charge in [-0.2, -0.15) is 0 Å². The predicted octanol–water partition coefficient (Wildman–Crippen LogP) is 10.8. The van der Waals surface area contributed by atoms with Crippen LogP contribution >= 0.6 is 11.6 Å². The van der Waals surface area contributed by atoms with Crippen LogP contribution in [0, 0.1) is 17.0 Å². The lowest BCUT2D eigenvalue weighted by atomic mass is 9.87. The highest BCUT2D eigenvalue weighted by molar-refractivity contribution is 6.30. The van der Waals surface area contributed by atoms with Crippen molar-refractivity contribution in [2.75, 3.05) is 31.1 Å². The number of fused-ring (bicyclic) bond motifs is 1. The van der Waals surface area contributed by atoms with E-state index in [0.717, 1.165) is 69.1 Å². The first kappa shape index (κ1) is 36.4. The van der Waals surface area contributed by atoms with Gasteiger partial charge in [0.15, 0.2) is 11.6 Å². The number of carbonyl (C=O) groups is 1. The molecule has 43 heavy (non-hydrogen) atoms. The molecule has 0 radical (unpaired) electrons. The second kappa shape index (κ2) is 17.5. The zero-order valence-electron chi connectivity index (χ0n) is 27.3. The van der Waals surface area contributed by atoms with Gasteiger partial charge in [-0.05, 0) is 100 Å². The molecule has 0 spiro atoms. The largest absolute Gasteiger partial charge is 0.307 e. The lowest BCUT2D eigenvalue weighted by molar-refractivity contribution is 0.0982. The molecule has 0 saturated carbocycles. The molecule has 236 valence electrons. The van der Waals surface area contributed by atoms with E-state index in [-0.39, 0.29) is 11.5 Å². The molecule has 6 heteroatoms. The van der Waals surface area contributed by atoms with E-state index in [0.29, 0.717) is 17.0 Å². The molecule has 1 heterocycles. The summed E-state index contributed by atoms with van der Waals surface area (Å²) in [5, 5.41) is 0.610. The number of allylic oxidation sites excluding steroid dienone is 5. The molecular formula is C37H51ClF2N2O. The highest BCUT2D eigenvalue weighted by Crippen LogP contribution is 2.40. The molecule has 3 rings (SSSR count). The summed E-state index contributed by atoms with van der Waals surface area (Å²) in [7, 11) is 0. The number of carbonyl (C=O) groups excluding carboxylic acids is 1. The standard InChI is InChI=1S/C23H27ClF2N2O.C14H24/c1-3-5-12-27(4-2)13-11-16-15-28(21-10-9-17(24)14-19(16)21)23(29)18-7-6-8-20(25)22(18)26;1-7-13(11-14(4,5)6)10-8-9-12(2)3/h6-10,14,16H,3-5,11-13,15H2,1-2H3;7-8,10H,2,9,11H2,1,3-6H3/b;10-8?,13-7+. The number of unbranched alkanes of at least 4 members (excludes halogenated alkanes) is 1. The molecule has 1 aliphatic rings. The van der Waals surface area contributed by atoms with Crippen LogP contribution in [0.3, 0.4) is 0 Å². The molecule has 0 fully saturated rings. The second-order valence-corrected chi connectivity index (χ2v) is 13.1. The maximum Gasteiger partial charge on any atom is 0.261 e. The SMILES string of the molecule is C=C(C)CC=C/C(=C\C)CC(C)(C)C.CCCCN(CC)CCC1CN(C(=O)c2cccc(F)c2F)c2ccc(Cl)cc21. The van der Waals surface area contributed by atoms with E-state index in [4.69, 9.17) is 11.6 Å². The van der Waals surface area contributed by atoms with Crippen molar-refractivity contribution in [1.82, 2.24) is 4.90 Å². The van der Waals surface area contributed by atoms with Crippen LogP contribution in [0.25, 0.3) is 0 Å². The first-order valence-corrected chi connectivity index (χ1v) is 15.9. The number of hydrogen-bond acceptors (Lipinski definition) is 2. The normalized spacial score (nSPS) is 15.1. The van der Waals surface area contributed by atoms with E-state index in [1.165, 1.54) is 23.3 Å². The Kier molecular flexibility index (Phi) is 14.8. The van der Waals surface area contributed by atoms with Gasteiger partial charge in [0.25, 0.3) is 5.91 Å². The average Bonchev–Trinajstić information content (AvgIpc) is 3.30. The summed E-state index contributed by atoms with van der Waals surface area (Å²) in [6.45, 7) is 22.6. The number of hydrogen-bond donors (Lipinski definition) is 0. The molecule has 1 aliphatic heterocycles. The summed E-state index contributed by atoms with van der Waals surface area (Å²) < 4.78 is 27.8. The van der Waals surface area contributed by atoms with Crippen molar-refractivity contribution in [1.29, 1.82) is 0 Å². The van der Waals surface area contributed by atoms with Crippen LogP contribution in [0.1, 0.15) is 102 Å². The van der Waals surface area contributed by atoms with Crippen LogP contribution in [0.15, 0.2) is 72.4 Å². The lowest BCUT2D eigenvalue weighted by Gasteiger charge is -2.22. The van der Waals surface area contributed by atoms with Crippen LogP contribution in [-0.2, 0) is 0 Å². The molecule has 1 amide bonds. The summed E-state index contributed by atoms with van der Waals surface area (Å²) in [4.78, 5) is 17.0. The zero-order chi connectivity index (χ0) is 32.2. The van der Waals surface area contributed by atoms with E-state index < -0.39 is 17.5 Å². The Morgan fingerprint density at radius 1 is 1.16 bits per heavy atom. The third-order valence-electron chi connectivity index (χ3n) is 7.52. The van der Waals surface area contributed by atoms with E-state index in [2.05, 4.69) is 78.2 Å². The van der Waals surface area contributed by atoms with Gasteiger partial charge in [-0.1, -0.05) is 94.7 Å². The summed E-state index contributed by atoms with van der Waals surface area (Å²) in [5.74, 6) is -2.53. The van der Waals surface area contributed by atoms with Crippen LogP contribution in [0.2, 0.25) is 5.02 Å². The highest BCUT2D eigenvalue weighted by atomic mass is 35.5. The Labute approximate surface area is 264 Å². The lowest BCUT2D eigenvalue weighted by Crippen LogP contribution is -2.32. The van der Waals surface area contributed by atoms with Gasteiger partial charge >= 0.3 is 0 Å². The number of benzene rings is 2. The van der Waals surface area contributed by atoms with E-state index in [9.17, 15) is 13.6 Å². The number of rotatable bonds is 12. The average molecular weight is 613 g/mol. The topological polar surface area (TPSA) is 23.6 Å². The van der Waals surface area contributed by atoms with Gasteiger partial charge in [-0.3, -0.25) is 4.79 Å². The molecule has 0 aromatic heterocycles. The van der Waals surface area contributed by atoms with Gasteiger partial charge in [0.2, 0.25) is 0 Å². The fraction of sp³-hybridized carbons (Fsp3) is 0.486. The summed E-state index contributed by atoms with van der Waals surface area (Å²) in [6.07, 6.45) is 11.9. The van der Waals surface area contributed by atoms with E-state index in [1.54, 1.807) is 17.0 Å². The van der Waals surface area contributed by atoms with Crippen LogP contribution in [0.4, 0.5) is 14.5 Å². The molecule has 2 aromatic rings. The minimum atomic E-state index is -1.10. The zero-order valence-corrected chi connectivity index (χ0v) is 28.0. The maximum absolute atomic E-state index is 14.2. The fourth-order valence-corrected chi connectivity index (χ4v) is 5.38. The molecule has 0 N–H and O–H groups in total. The molecule has 1 unspecified atom stereocenters. The maximum atomic E-state index is 14.2. The van der Waals surface area contributed by atoms with Crippen molar-refractivity contribution in [2.45, 2.75) is 86.5 Å². The summed E-state index contributed by atoms with van der Waals surface area (Å²) in [5.41, 5.74) is 4.48. The van der Waals surface area contributed by atoms with Gasteiger partial charge in [0, 0.05) is 23.2 Å². The predicted molar refractivity (Wildman–Crippen MR) is 180 cm³/mol.